The van der Waals surface area contributed by atoms with Crippen LogP contribution in [0.3, 0.4) is 0 Å². The Bertz CT molecular complexity index is 684. The van der Waals surface area contributed by atoms with E-state index in [1.807, 2.05) is 13.2 Å². The minimum absolute atomic E-state index is 0.137. The molecule has 1 fully saturated rings. The first-order valence-electron chi connectivity index (χ1n) is 9.25. The average Bonchev–Trinajstić information content (AvgIpc) is 3.04. The van der Waals surface area contributed by atoms with Crippen LogP contribution in [0, 0.1) is 5.92 Å². The number of nitrogens with one attached hydrogen (secondary N) is 1. The Morgan fingerprint density at radius 1 is 1.28 bits per heavy atom. The van der Waals surface area contributed by atoms with Gasteiger partial charge in [-0.15, -0.1) is 10.2 Å². The smallest absolute Gasteiger partial charge is 0.414 e. The number of carbonyl (C=O) groups is 1. The summed E-state index contributed by atoms with van der Waals surface area (Å²) in [5, 5.41) is 41.2. The second-order valence-electron chi connectivity index (χ2n) is 8.05. The number of ether oxygens (including phenoxy) is 1. The van der Waals surface area contributed by atoms with Crippen LogP contribution in [0.4, 0.5) is 9.93 Å². The van der Waals surface area contributed by atoms with Crippen LogP contribution in [0.2, 0.25) is 0 Å². The molecule has 6 N–H and O–H groups in total. The summed E-state index contributed by atoms with van der Waals surface area (Å²) in [6.45, 7) is 7.23. The third kappa shape index (κ3) is 6.68. The highest BCUT2D eigenvalue weighted by Gasteiger charge is 2.45. The molecule has 1 aliphatic carbocycles. The van der Waals surface area contributed by atoms with Gasteiger partial charge < -0.3 is 25.8 Å². The summed E-state index contributed by atoms with van der Waals surface area (Å²) in [5.74, 6) is -0.361. The van der Waals surface area contributed by atoms with Gasteiger partial charge in [-0.3, -0.25) is 5.32 Å². The van der Waals surface area contributed by atoms with E-state index in [1.54, 1.807) is 20.8 Å². The maximum atomic E-state index is 11.8. The molecule has 9 nitrogen and oxygen atoms in total. The van der Waals surface area contributed by atoms with Crippen molar-refractivity contribution in [1.29, 1.82) is 0 Å². The summed E-state index contributed by atoms with van der Waals surface area (Å²) in [6, 6.07) is -0.432. The van der Waals surface area contributed by atoms with Crippen molar-refractivity contribution in [3.63, 3.8) is 0 Å². The van der Waals surface area contributed by atoms with Gasteiger partial charge in [-0.2, -0.15) is 11.8 Å². The van der Waals surface area contributed by atoms with Gasteiger partial charge in [-0.05, 0) is 33.4 Å². The lowest BCUT2D eigenvalue weighted by Crippen LogP contribution is -2.58. The molecule has 2 rings (SSSR count). The average molecular weight is 467 g/mol. The first-order chi connectivity index (χ1) is 13.4. The Kier molecular flexibility index (Phi) is 8.60. The maximum Gasteiger partial charge on any atom is 0.414 e. The standard InChI is InChI=1S/C17H30N4O5S3/c1-7(10(18)8-6-9(27-5)12(23)13(24)11(8)22)28-16-21-20-14(29-16)19-15(25)26-17(2,3)4/h7-13,22-24H,6,18H2,1-5H3,(H,19,20,25)/t7-,8+,9?,10+,11?,12-,13?/m0/s1. The highest BCUT2D eigenvalue weighted by molar-refractivity contribution is 8.01. The molecule has 7 atom stereocenters. The van der Waals surface area contributed by atoms with E-state index in [-0.39, 0.29) is 16.4 Å². The molecule has 0 saturated heterocycles. The van der Waals surface area contributed by atoms with E-state index in [0.717, 1.165) is 0 Å². The van der Waals surface area contributed by atoms with Crippen molar-refractivity contribution in [3.8, 4) is 0 Å². The van der Waals surface area contributed by atoms with Crippen molar-refractivity contribution in [3.05, 3.63) is 0 Å². The predicted octanol–water partition coefficient (Wildman–Crippen LogP) is 1.53. The molecule has 1 amide bonds. The van der Waals surface area contributed by atoms with E-state index in [1.165, 1.54) is 34.9 Å². The minimum Gasteiger partial charge on any atom is -0.444 e. The molecule has 0 spiro atoms. The maximum absolute atomic E-state index is 11.8. The van der Waals surface area contributed by atoms with Gasteiger partial charge in [0, 0.05) is 22.5 Å². The third-order valence-corrected chi connectivity index (χ3v) is 7.88. The Hall–Kier alpha value is -0.630. The van der Waals surface area contributed by atoms with E-state index in [9.17, 15) is 20.1 Å². The number of nitrogens with two attached hydrogens (primary N) is 1. The van der Waals surface area contributed by atoms with Crippen LogP contribution in [-0.4, -0.2) is 78.3 Å². The fourth-order valence-corrected chi connectivity index (χ4v) is 6.09. The Labute approximate surface area is 183 Å². The van der Waals surface area contributed by atoms with Crippen LogP contribution in [0.15, 0.2) is 4.34 Å². The highest BCUT2D eigenvalue weighted by Crippen LogP contribution is 2.38. The summed E-state index contributed by atoms with van der Waals surface area (Å²) in [7, 11) is 0. The predicted molar refractivity (Wildman–Crippen MR) is 116 cm³/mol. The van der Waals surface area contributed by atoms with Gasteiger partial charge in [0.05, 0.1) is 12.2 Å². The van der Waals surface area contributed by atoms with E-state index >= 15 is 0 Å². The molecule has 1 saturated carbocycles. The first-order valence-corrected chi connectivity index (χ1v) is 12.2. The molecule has 12 heteroatoms. The van der Waals surface area contributed by atoms with Crippen molar-refractivity contribution < 1.29 is 24.9 Å². The monoisotopic (exact) mass is 466 g/mol. The number of thioether (sulfide) groups is 2. The molecular weight excluding hydrogens is 436 g/mol. The molecule has 1 aromatic heterocycles. The van der Waals surface area contributed by atoms with Crippen molar-refractivity contribution in [2.24, 2.45) is 11.7 Å². The molecule has 1 heterocycles. The SMILES string of the molecule is CSC1C[C@H]([C@H](N)[C@H](C)Sc2nnc(NC(=O)OC(C)(C)C)s2)C(O)C(O)[C@H]1O. The van der Waals surface area contributed by atoms with Crippen molar-refractivity contribution >= 4 is 46.1 Å². The van der Waals surface area contributed by atoms with Crippen molar-refractivity contribution in [2.75, 3.05) is 11.6 Å². The normalized spacial score (nSPS) is 29.9. The third-order valence-electron chi connectivity index (χ3n) is 4.66. The molecule has 0 aromatic carbocycles. The van der Waals surface area contributed by atoms with Gasteiger partial charge in [-0.25, -0.2) is 4.79 Å². The van der Waals surface area contributed by atoms with Gasteiger partial charge in [0.2, 0.25) is 5.13 Å². The molecule has 0 radical (unpaired) electrons. The zero-order valence-electron chi connectivity index (χ0n) is 17.1. The number of anilines is 1. The molecule has 1 aromatic rings. The molecule has 0 bridgehead atoms. The Balaban J connectivity index is 1.97. The lowest BCUT2D eigenvalue weighted by Gasteiger charge is -2.43. The van der Waals surface area contributed by atoms with Crippen LogP contribution in [0.1, 0.15) is 34.1 Å². The van der Waals surface area contributed by atoms with Crippen LogP contribution in [0.25, 0.3) is 0 Å². The summed E-state index contributed by atoms with van der Waals surface area (Å²) < 4.78 is 5.81. The number of aliphatic hydroxyl groups excluding tert-OH is 3. The zero-order chi connectivity index (χ0) is 21.9. The zero-order valence-corrected chi connectivity index (χ0v) is 19.6. The summed E-state index contributed by atoms with van der Waals surface area (Å²) in [5.41, 5.74) is 5.79. The van der Waals surface area contributed by atoms with Gasteiger partial charge in [0.1, 0.15) is 11.7 Å². The van der Waals surface area contributed by atoms with Crippen molar-refractivity contribution in [1.82, 2.24) is 10.2 Å². The van der Waals surface area contributed by atoms with E-state index in [4.69, 9.17) is 10.5 Å². The topological polar surface area (TPSA) is 151 Å². The number of nitrogens with zero attached hydrogens (tertiary/aromatic N) is 2. The molecule has 3 unspecified atom stereocenters. The number of carbonyl (C=O) groups excluding carboxylic acids is 1. The number of amides is 1. The second-order valence-corrected chi connectivity index (χ2v) is 11.7. The Morgan fingerprint density at radius 3 is 2.52 bits per heavy atom. The van der Waals surface area contributed by atoms with Crippen LogP contribution >= 0.6 is 34.9 Å². The highest BCUT2D eigenvalue weighted by atomic mass is 32.2. The number of rotatable bonds is 6. The number of hydrogen-bond acceptors (Lipinski definition) is 11. The fourth-order valence-electron chi connectivity index (χ4n) is 3.13. The molecule has 0 aliphatic heterocycles. The van der Waals surface area contributed by atoms with Crippen LogP contribution in [-0.2, 0) is 4.74 Å². The van der Waals surface area contributed by atoms with Gasteiger partial charge in [-0.1, -0.05) is 30.0 Å². The molecule has 166 valence electrons. The number of aliphatic hydroxyl groups is 3. The minimum atomic E-state index is -1.22. The van der Waals surface area contributed by atoms with Gasteiger partial charge in [0.15, 0.2) is 4.34 Å². The fraction of sp³-hybridized carbons (Fsp3) is 0.824. The van der Waals surface area contributed by atoms with Gasteiger partial charge in [0.25, 0.3) is 0 Å². The largest absolute Gasteiger partial charge is 0.444 e. The lowest BCUT2D eigenvalue weighted by molar-refractivity contribution is -0.111. The van der Waals surface area contributed by atoms with Crippen LogP contribution < -0.4 is 11.1 Å². The second kappa shape index (κ2) is 10.1. The Morgan fingerprint density at radius 2 is 1.93 bits per heavy atom. The van der Waals surface area contributed by atoms with E-state index in [2.05, 4.69) is 15.5 Å². The molecule has 1 aliphatic rings. The summed E-state index contributed by atoms with van der Waals surface area (Å²) in [6.07, 6.45) is -1.52. The van der Waals surface area contributed by atoms with Crippen molar-refractivity contribution in [2.45, 2.75) is 78.9 Å². The summed E-state index contributed by atoms with van der Waals surface area (Å²) >= 11 is 4.04. The first kappa shape index (κ1) is 24.6. The van der Waals surface area contributed by atoms with Gasteiger partial charge >= 0.3 is 6.09 Å². The van der Waals surface area contributed by atoms with Crippen LogP contribution in [0.5, 0.6) is 0 Å². The quantitative estimate of drug-likeness (QED) is 0.308. The molecule has 29 heavy (non-hydrogen) atoms. The number of hydrogen-bond donors (Lipinski definition) is 5. The van der Waals surface area contributed by atoms with E-state index < -0.39 is 36.0 Å². The lowest BCUT2D eigenvalue weighted by atomic mass is 9.77. The summed E-state index contributed by atoms with van der Waals surface area (Å²) in [4.78, 5) is 11.8. The van der Waals surface area contributed by atoms with E-state index in [0.29, 0.717) is 15.9 Å². The molecular formula is C17H30N4O5S3. The number of aromatic nitrogens is 2.